The van der Waals surface area contributed by atoms with Crippen LogP contribution in [0.1, 0.15) is 4.79 Å². The third-order valence-electron chi connectivity index (χ3n) is 2.53. The van der Waals surface area contributed by atoms with Gasteiger partial charge in [0.1, 0.15) is 12.2 Å². The number of carbonyl (C=O) groups is 1. The van der Waals surface area contributed by atoms with E-state index in [1.165, 1.54) is 25.0 Å². The number of aryl methyl sites for hydroxylation is 1. The minimum absolute atomic E-state index is 0.0558. The van der Waals surface area contributed by atoms with E-state index in [0.717, 1.165) is 9.13 Å². The molecule has 0 aliphatic carbocycles. The van der Waals surface area contributed by atoms with Crippen molar-refractivity contribution in [2.75, 3.05) is 5.88 Å². The van der Waals surface area contributed by atoms with E-state index in [1.807, 2.05) is 0 Å². The Labute approximate surface area is 99.9 Å². The van der Waals surface area contributed by atoms with Crippen molar-refractivity contribution in [2.45, 2.75) is 0 Å². The molecule has 90 valence electrons. The first-order valence-electron chi connectivity index (χ1n) is 4.71. The molecule has 0 aliphatic rings. The Bertz CT molecular complexity index is 724. The van der Waals surface area contributed by atoms with E-state index < -0.39 is 17.2 Å². The lowest BCUT2D eigenvalue weighted by atomic mass is 10.5. The molecule has 0 atom stereocenters. The van der Waals surface area contributed by atoms with Crippen LogP contribution in [-0.2, 0) is 14.1 Å². The van der Waals surface area contributed by atoms with Crippen LogP contribution < -0.4 is 11.2 Å². The predicted molar refractivity (Wildman–Crippen MR) is 61.6 cm³/mol. The standard InChI is InChI=1S/C9H9ClN4O3/c1-12-7-6(8(16)13(2)9(12)17)14(4-11-7)5(15)3-10/h4H,3H2,1-2H3. The average Bonchev–Trinajstić information content (AvgIpc) is 2.77. The Morgan fingerprint density at radius 1 is 1.35 bits per heavy atom. The fraction of sp³-hybridized carbons (Fsp3) is 0.333. The van der Waals surface area contributed by atoms with Gasteiger partial charge in [-0.2, -0.15) is 0 Å². The van der Waals surface area contributed by atoms with Gasteiger partial charge in [0.25, 0.3) is 5.56 Å². The molecule has 7 nitrogen and oxygen atoms in total. The van der Waals surface area contributed by atoms with Gasteiger partial charge in [0, 0.05) is 14.1 Å². The molecule has 2 rings (SSSR count). The highest BCUT2D eigenvalue weighted by Gasteiger charge is 2.17. The number of rotatable bonds is 1. The molecule has 17 heavy (non-hydrogen) atoms. The van der Waals surface area contributed by atoms with Crippen LogP contribution in [0, 0.1) is 0 Å². The molecule has 0 saturated heterocycles. The molecular formula is C9H9ClN4O3. The Morgan fingerprint density at radius 2 is 2.00 bits per heavy atom. The molecule has 0 radical (unpaired) electrons. The fourth-order valence-electron chi connectivity index (χ4n) is 1.60. The molecule has 0 bridgehead atoms. The third kappa shape index (κ3) is 1.50. The molecule has 2 aromatic rings. The highest BCUT2D eigenvalue weighted by atomic mass is 35.5. The molecule has 0 saturated carbocycles. The number of alkyl halides is 1. The Balaban J connectivity index is 3.01. The Kier molecular flexibility index (Phi) is 2.62. The maximum absolute atomic E-state index is 11.9. The van der Waals surface area contributed by atoms with E-state index in [9.17, 15) is 14.4 Å². The second-order valence-electron chi connectivity index (χ2n) is 3.52. The molecule has 0 aliphatic heterocycles. The maximum atomic E-state index is 11.9. The summed E-state index contributed by atoms with van der Waals surface area (Å²) in [7, 11) is 2.82. The summed E-state index contributed by atoms with van der Waals surface area (Å²) < 4.78 is 3.18. The van der Waals surface area contributed by atoms with Crippen molar-refractivity contribution in [3.8, 4) is 0 Å². The highest BCUT2D eigenvalue weighted by molar-refractivity contribution is 6.28. The number of hydrogen-bond acceptors (Lipinski definition) is 4. The van der Waals surface area contributed by atoms with Crippen LogP contribution in [-0.4, -0.2) is 30.5 Å². The fourth-order valence-corrected chi connectivity index (χ4v) is 1.73. The number of hydrogen-bond donors (Lipinski definition) is 0. The summed E-state index contributed by atoms with van der Waals surface area (Å²) in [5.41, 5.74) is -0.845. The molecule has 0 fully saturated rings. The van der Waals surface area contributed by atoms with Crippen LogP contribution in [0.25, 0.3) is 11.2 Å². The van der Waals surface area contributed by atoms with Gasteiger partial charge in [0.05, 0.1) is 0 Å². The van der Waals surface area contributed by atoms with Gasteiger partial charge in [-0.1, -0.05) is 0 Å². The van der Waals surface area contributed by atoms with Gasteiger partial charge in [-0.25, -0.2) is 9.78 Å². The van der Waals surface area contributed by atoms with E-state index in [1.54, 1.807) is 0 Å². The first-order valence-corrected chi connectivity index (χ1v) is 5.24. The molecule has 0 N–H and O–H groups in total. The van der Waals surface area contributed by atoms with Gasteiger partial charge >= 0.3 is 5.69 Å². The van der Waals surface area contributed by atoms with Crippen LogP contribution in [0.5, 0.6) is 0 Å². The SMILES string of the molecule is Cn1c(=O)c2c(ncn2C(=O)CCl)n(C)c1=O. The zero-order valence-electron chi connectivity index (χ0n) is 9.18. The summed E-state index contributed by atoms with van der Waals surface area (Å²) in [5.74, 6) is -0.734. The summed E-state index contributed by atoms with van der Waals surface area (Å²) in [4.78, 5) is 38.9. The van der Waals surface area contributed by atoms with Gasteiger partial charge in [-0.3, -0.25) is 23.3 Å². The van der Waals surface area contributed by atoms with Gasteiger partial charge in [-0.05, 0) is 0 Å². The van der Waals surface area contributed by atoms with E-state index in [4.69, 9.17) is 11.6 Å². The highest BCUT2D eigenvalue weighted by Crippen LogP contribution is 2.05. The molecule has 0 aromatic carbocycles. The second kappa shape index (κ2) is 3.85. The van der Waals surface area contributed by atoms with Crippen LogP contribution in [0.4, 0.5) is 0 Å². The Morgan fingerprint density at radius 3 is 2.59 bits per heavy atom. The quantitative estimate of drug-likeness (QED) is 0.633. The Hall–Kier alpha value is -1.89. The minimum Gasteiger partial charge on any atom is -0.279 e. The number of aromatic nitrogens is 4. The van der Waals surface area contributed by atoms with Crippen molar-refractivity contribution in [1.82, 2.24) is 18.7 Å². The average molecular weight is 257 g/mol. The van der Waals surface area contributed by atoms with Crippen molar-refractivity contribution in [2.24, 2.45) is 14.1 Å². The summed E-state index contributed by atoms with van der Waals surface area (Å²) in [6, 6.07) is 0. The predicted octanol–water partition coefficient (Wildman–Crippen LogP) is -0.687. The number of imidazole rings is 1. The molecule has 0 spiro atoms. The van der Waals surface area contributed by atoms with Crippen LogP contribution in [0.3, 0.4) is 0 Å². The molecule has 0 amide bonds. The van der Waals surface area contributed by atoms with E-state index in [2.05, 4.69) is 4.98 Å². The smallest absolute Gasteiger partial charge is 0.279 e. The summed E-state index contributed by atoms with van der Waals surface area (Å²) in [6.45, 7) is 0. The van der Waals surface area contributed by atoms with Gasteiger partial charge in [0.2, 0.25) is 5.91 Å². The van der Waals surface area contributed by atoms with Crippen LogP contribution in [0.2, 0.25) is 0 Å². The molecular weight excluding hydrogens is 248 g/mol. The zero-order valence-corrected chi connectivity index (χ0v) is 9.93. The van der Waals surface area contributed by atoms with Crippen molar-refractivity contribution in [3.05, 3.63) is 27.2 Å². The van der Waals surface area contributed by atoms with Gasteiger partial charge in [-0.15, -0.1) is 11.6 Å². The molecule has 2 heterocycles. The maximum Gasteiger partial charge on any atom is 0.332 e. The largest absolute Gasteiger partial charge is 0.332 e. The first-order chi connectivity index (χ1) is 7.99. The lowest BCUT2D eigenvalue weighted by molar-refractivity contribution is 0.0944. The zero-order chi connectivity index (χ0) is 12.7. The number of halogens is 1. The second-order valence-corrected chi connectivity index (χ2v) is 3.79. The monoisotopic (exact) mass is 256 g/mol. The van der Waals surface area contributed by atoms with Gasteiger partial charge in [0.15, 0.2) is 11.2 Å². The number of carbonyl (C=O) groups excluding carboxylic acids is 1. The van der Waals surface area contributed by atoms with Crippen molar-refractivity contribution >= 4 is 28.7 Å². The number of nitrogens with zero attached hydrogens (tertiary/aromatic N) is 4. The summed E-state index contributed by atoms with van der Waals surface area (Å²) in [5, 5.41) is 0. The summed E-state index contributed by atoms with van der Waals surface area (Å²) in [6.07, 6.45) is 1.19. The van der Waals surface area contributed by atoms with E-state index in [-0.39, 0.29) is 17.0 Å². The van der Waals surface area contributed by atoms with Crippen molar-refractivity contribution < 1.29 is 4.79 Å². The molecule has 8 heteroatoms. The third-order valence-corrected chi connectivity index (χ3v) is 2.76. The van der Waals surface area contributed by atoms with E-state index in [0.29, 0.717) is 0 Å². The van der Waals surface area contributed by atoms with Crippen LogP contribution in [0.15, 0.2) is 15.9 Å². The number of fused-ring (bicyclic) bond motifs is 1. The van der Waals surface area contributed by atoms with Crippen molar-refractivity contribution in [3.63, 3.8) is 0 Å². The normalized spacial score (nSPS) is 11.0. The van der Waals surface area contributed by atoms with E-state index >= 15 is 0 Å². The van der Waals surface area contributed by atoms with Crippen LogP contribution >= 0.6 is 11.6 Å². The molecule has 2 aromatic heterocycles. The first kappa shape index (κ1) is 11.6. The lowest BCUT2D eigenvalue weighted by Gasteiger charge is -2.04. The topological polar surface area (TPSA) is 78.9 Å². The lowest BCUT2D eigenvalue weighted by Crippen LogP contribution is -2.38. The minimum atomic E-state index is -0.570. The van der Waals surface area contributed by atoms with Gasteiger partial charge < -0.3 is 0 Å². The van der Waals surface area contributed by atoms with Crippen molar-refractivity contribution in [1.29, 1.82) is 0 Å². The molecule has 0 unspecified atom stereocenters. The summed E-state index contributed by atoms with van der Waals surface area (Å²) >= 11 is 5.43.